The van der Waals surface area contributed by atoms with Crippen molar-refractivity contribution in [2.75, 3.05) is 7.05 Å². The molecule has 1 amide bonds. The quantitative estimate of drug-likeness (QED) is 0.627. The summed E-state index contributed by atoms with van der Waals surface area (Å²) in [6.45, 7) is 15.3. The lowest BCUT2D eigenvalue weighted by molar-refractivity contribution is -0.133. The second-order valence-corrected chi connectivity index (χ2v) is 7.33. The van der Waals surface area contributed by atoms with Gasteiger partial charge in [0.05, 0.1) is 0 Å². The van der Waals surface area contributed by atoms with Crippen molar-refractivity contribution >= 4 is 5.91 Å². The molecule has 1 aliphatic rings. The maximum atomic E-state index is 12.1. The average molecular weight is 237 g/mol. The summed E-state index contributed by atoms with van der Waals surface area (Å²) in [4.78, 5) is 14.0. The molecule has 0 radical (unpaired) electrons. The maximum Gasteiger partial charge on any atom is 0.229 e. The number of nitrogens with zero attached hydrogens (tertiary/aromatic N) is 1. The molecule has 0 N–H and O–H groups in total. The minimum atomic E-state index is 0.0210. The molecule has 1 rings (SSSR count). The molecule has 0 saturated carbocycles. The Labute approximate surface area is 106 Å². The number of rotatable bonds is 0. The van der Waals surface area contributed by atoms with E-state index in [0.29, 0.717) is 0 Å². The van der Waals surface area contributed by atoms with Crippen molar-refractivity contribution in [3.05, 3.63) is 11.3 Å². The fourth-order valence-electron chi connectivity index (χ4n) is 2.75. The van der Waals surface area contributed by atoms with Crippen LogP contribution in [0.3, 0.4) is 0 Å². The van der Waals surface area contributed by atoms with Gasteiger partial charge in [0.25, 0.3) is 0 Å². The highest BCUT2D eigenvalue weighted by Crippen LogP contribution is 2.44. The van der Waals surface area contributed by atoms with Crippen LogP contribution in [0.2, 0.25) is 0 Å². The van der Waals surface area contributed by atoms with E-state index in [4.69, 9.17) is 0 Å². The van der Waals surface area contributed by atoms with Gasteiger partial charge >= 0.3 is 0 Å². The van der Waals surface area contributed by atoms with E-state index >= 15 is 0 Å². The van der Waals surface area contributed by atoms with Gasteiger partial charge in [0.2, 0.25) is 5.91 Å². The van der Waals surface area contributed by atoms with Crippen LogP contribution in [0.15, 0.2) is 11.3 Å². The number of carbonyl (C=O) groups is 1. The van der Waals surface area contributed by atoms with E-state index in [1.165, 1.54) is 11.3 Å². The summed E-state index contributed by atoms with van der Waals surface area (Å²) in [7, 11) is 1.92. The number of hydrogen-bond acceptors (Lipinski definition) is 1. The smallest absolute Gasteiger partial charge is 0.229 e. The molecule has 0 aromatic rings. The van der Waals surface area contributed by atoms with Crippen molar-refractivity contribution < 1.29 is 4.79 Å². The Morgan fingerprint density at radius 2 is 1.53 bits per heavy atom. The highest BCUT2D eigenvalue weighted by molar-refractivity contribution is 5.82. The first-order valence-corrected chi connectivity index (χ1v) is 6.48. The predicted octanol–water partition coefficient (Wildman–Crippen LogP) is 3.83. The van der Waals surface area contributed by atoms with Crippen molar-refractivity contribution in [1.82, 2.24) is 4.90 Å². The zero-order chi connectivity index (χ0) is 13.6. The van der Waals surface area contributed by atoms with Crippen molar-refractivity contribution in [2.24, 2.45) is 16.7 Å². The second kappa shape index (κ2) is 4.15. The lowest BCUT2D eigenvalue weighted by atomic mass is 9.72. The van der Waals surface area contributed by atoms with Gasteiger partial charge in [-0.05, 0) is 17.4 Å². The molecule has 0 spiro atoms. The first-order valence-electron chi connectivity index (χ1n) is 6.48. The van der Waals surface area contributed by atoms with Crippen LogP contribution in [0.25, 0.3) is 0 Å². The standard InChI is InChI=1S/C15H27NO/c1-10-9-11(14(2,3)4)12(15(5,6)7)16(8)13(10)17/h10H,9H2,1-8H3. The van der Waals surface area contributed by atoms with Crippen molar-refractivity contribution in [1.29, 1.82) is 0 Å². The van der Waals surface area contributed by atoms with Gasteiger partial charge < -0.3 is 4.90 Å². The maximum absolute atomic E-state index is 12.1. The molecule has 0 aliphatic carbocycles. The van der Waals surface area contributed by atoms with Gasteiger partial charge in [-0.25, -0.2) is 0 Å². The van der Waals surface area contributed by atoms with Crippen LogP contribution in [0, 0.1) is 16.7 Å². The summed E-state index contributed by atoms with van der Waals surface area (Å²) in [5.41, 5.74) is 2.80. The molecule has 1 heterocycles. The number of hydrogen-bond donors (Lipinski definition) is 0. The second-order valence-electron chi connectivity index (χ2n) is 7.33. The Morgan fingerprint density at radius 3 is 1.88 bits per heavy atom. The van der Waals surface area contributed by atoms with E-state index in [2.05, 4.69) is 41.5 Å². The van der Waals surface area contributed by atoms with Crippen LogP contribution in [-0.2, 0) is 4.79 Å². The highest BCUT2D eigenvalue weighted by Gasteiger charge is 2.38. The van der Waals surface area contributed by atoms with Crippen molar-refractivity contribution in [3.63, 3.8) is 0 Å². The molecule has 1 atom stereocenters. The minimum Gasteiger partial charge on any atom is -0.319 e. The van der Waals surface area contributed by atoms with Crippen molar-refractivity contribution in [2.45, 2.75) is 54.9 Å². The molecule has 2 nitrogen and oxygen atoms in total. The number of carbonyl (C=O) groups excluding carboxylic acids is 1. The molecule has 0 fully saturated rings. The lowest BCUT2D eigenvalue weighted by Gasteiger charge is -2.43. The van der Waals surface area contributed by atoms with Crippen LogP contribution < -0.4 is 0 Å². The van der Waals surface area contributed by atoms with Crippen LogP contribution >= 0.6 is 0 Å². The molecule has 1 aliphatic heterocycles. The third-order valence-corrected chi connectivity index (χ3v) is 3.50. The third kappa shape index (κ3) is 2.72. The largest absolute Gasteiger partial charge is 0.319 e. The zero-order valence-electron chi connectivity index (χ0n) is 12.6. The monoisotopic (exact) mass is 237 g/mol. The molecule has 2 heteroatoms. The van der Waals surface area contributed by atoms with E-state index < -0.39 is 0 Å². The Morgan fingerprint density at radius 1 is 1.06 bits per heavy atom. The van der Waals surface area contributed by atoms with E-state index in [0.717, 1.165) is 6.42 Å². The summed E-state index contributed by atoms with van der Waals surface area (Å²) in [5, 5.41) is 0. The summed E-state index contributed by atoms with van der Waals surface area (Å²) in [6.07, 6.45) is 0.902. The summed E-state index contributed by atoms with van der Waals surface area (Å²) in [6, 6.07) is 0. The van der Waals surface area contributed by atoms with Gasteiger partial charge in [0, 0.05) is 24.1 Å². The predicted molar refractivity (Wildman–Crippen MR) is 72.5 cm³/mol. The Hall–Kier alpha value is -0.790. The van der Waals surface area contributed by atoms with Crippen LogP contribution in [0.5, 0.6) is 0 Å². The first-order chi connectivity index (χ1) is 7.46. The Kier molecular flexibility index (Phi) is 3.48. The normalized spacial score (nSPS) is 23.4. The van der Waals surface area contributed by atoms with Gasteiger partial charge in [-0.2, -0.15) is 0 Å². The molecule has 0 bridgehead atoms. The fourth-order valence-corrected chi connectivity index (χ4v) is 2.75. The van der Waals surface area contributed by atoms with E-state index in [1.807, 2.05) is 18.9 Å². The van der Waals surface area contributed by atoms with Crippen molar-refractivity contribution in [3.8, 4) is 0 Å². The van der Waals surface area contributed by atoms with Gasteiger partial charge in [-0.15, -0.1) is 0 Å². The minimum absolute atomic E-state index is 0.0210. The first kappa shape index (κ1) is 14.3. The lowest BCUT2D eigenvalue weighted by Crippen LogP contribution is -2.42. The molecule has 17 heavy (non-hydrogen) atoms. The Bertz CT molecular complexity index is 352. The van der Waals surface area contributed by atoms with Gasteiger partial charge in [0.1, 0.15) is 0 Å². The van der Waals surface area contributed by atoms with E-state index in [1.54, 1.807) is 0 Å². The zero-order valence-corrected chi connectivity index (χ0v) is 12.6. The molecule has 0 aromatic heterocycles. The van der Waals surface area contributed by atoms with Crippen LogP contribution in [0.4, 0.5) is 0 Å². The molecular weight excluding hydrogens is 210 g/mol. The summed E-state index contributed by atoms with van der Waals surface area (Å²) in [5.74, 6) is 0.364. The SMILES string of the molecule is CC1CC(C(C)(C)C)=C(C(C)(C)C)N(C)C1=O. The van der Waals surface area contributed by atoms with Crippen LogP contribution in [-0.4, -0.2) is 17.9 Å². The van der Waals surface area contributed by atoms with E-state index in [9.17, 15) is 4.79 Å². The number of allylic oxidation sites excluding steroid dienone is 2. The Balaban J connectivity index is 3.41. The molecule has 0 saturated heterocycles. The van der Waals surface area contributed by atoms with Crippen LogP contribution in [0.1, 0.15) is 54.9 Å². The fraction of sp³-hybridized carbons (Fsp3) is 0.800. The number of amides is 1. The summed E-state index contributed by atoms with van der Waals surface area (Å²) < 4.78 is 0. The topological polar surface area (TPSA) is 20.3 Å². The molecule has 98 valence electrons. The highest BCUT2D eigenvalue weighted by atomic mass is 16.2. The average Bonchev–Trinajstić information content (AvgIpc) is 2.09. The van der Waals surface area contributed by atoms with Gasteiger partial charge in [0.15, 0.2) is 0 Å². The summed E-state index contributed by atoms with van der Waals surface area (Å²) >= 11 is 0. The molecule has 1 unspecified atom stereocenters. The van der Waals surface area contributed by atoms with E-state index in [-0.39, 0.29) is 22.7 Å². The molecule has 0 aromatic carbocycles. The molecular formula is C15H27NO. The third-order valence-electron chi connectivity index (χ3n) is 3.50. The van der Waals surface area contributed by atoms with Gasteiger partial charge in [-0.1, -0.05) is 48.5 Å². The van der Waals surface area contributed by atoms with Gasteiger partial charge in [-0.3, -0.25) is 4.79 Å².